The fraction of sp³-hybridized carbons (Fsp3) is 0.875. The Kier molecular flexibility index (Phi) is 6.71. The Balaban J connectivity index is 0.00000196. The molecule has 7 heteroatoms. The van der Waals surface area contributed by atoms with Crippen molar-refractivity contribution < 1.29 is 18.3 Å². The van der Waals surface area contributed by atoms with Crippen molar-refractivity contribution in [3.63, 3.8) is 0 Å². The van der Waals surface area contributed by atoms with Gasteiger partial charge in [0.15, 0.2) is 0 Å². The lowest BCUT2D eigenvalue weighted by molar-refractivity contribution is -0.136. The van der Waals surface area contributed by atoms with Crippen LogP contribution in [0.4, 0.5) is 8.78 Å². The maximum absolute atomic E-state index is 12.0. The predicted molar refractivity (Wildman–Crippen MR) is 53.5 cm³/mol. The molecule has 1 fully saturated rings. The molecule has 1 rings (SSSR count). The molecule has 1 N–H and O–H groups in total. The Hall–Kier alpha value is -0.460. The number of rotatable bonds is 3. The molecule has 1 saturated heterocycles. The topological polar surface area (TPSA) is 41.6 Å². The van der Waals surface area contributed by atoms with Crippen LogP contribution in [0.2, 0.25) is 0 Å². The number of nitrogens with zero attached hydrogens (tertiary/aromatic N) is 1. The summed E-state index contributed by atoms with van der Waals surface area (Å²) in [5, 5.41) is 2.91. The molecule has 0 bridgehead atoms. The van der Waals surface area contributed by atoms with Crippen molar-refractivity contribution in [2.45, 2.75) is 12.5 Å². The van der Waals surface area contributed by atoms with Crippen LogP contribution in [0.5, 0.6) is 0 Å². The first-order valence-corrected chi connectivity index (χ1v) is 4.45. The van der Waals surface area contributed by atoms with E-state index >= 15 is 0 Å². The normalized spacial score (nSPS) is 20.9. The van der Waals surface area contributed by atoms with Crippen LogP contribution in [-0.4, -0.2) is 56.6 Å². The molecule has 1 unspecified atom stereocenters. The Labute approximate surface area is 93.4 Å². The zero-order valence-electron chi connectivity index (χ0n) is 8.41. The Morgan fingerprint density at radius 2 is 2.33 bits per heavy atom. The minimum Gasteiger partial charge on any atom is -0.378 e. The highest BCUT2D eigenvalue weighted by Gasteiger charge is 2.25. The number of hydrogen-bond acceptors (Lipinski definition) is 3. The molecule has 1 heterocycles. The highest BCUT2D eigenvalue weighted by Crippen LogP contribution is 2.01. The van der Waals surface area contributed by atoms with Crippen LogP contribution >= 0.6 is 12.4 Å². The van der Waals surface area contributed by atoms with Crippen LogP contribution in [0.15, 0.2) is 0 Å². The first-order chi connectivity index (χ1) is 6.61. The Morgan fingerprint density at radius 3 is 2.80 bits per heavy atom. The molecule has 15 heavy (non-hydrogen) atoms. The first-order valence-electron chi connectivity index (χ1n) is 4.45. The summed E-state index contributed by atoms with van der Waals surface area (Å²) in [5.74, 6) is -0.343. The summed E-state index contributed by atoms with van der Waals surface area (Å²) in [7, 11) is 1.37. The second kappa shape index (κ2) is 6.92. The van der Waals surface area contributed by atoms with Crippen molar-refractivity contribution in [3.05, 3.63) is 0 Å². The fourth-order valence-electron chi connectivity index (χ4n) is 1.29. The molecule has 1 aliphatic rings. The highest BCUT2D eigenvalue weighted by molar-refractivity contribution is 5.85. The second-order valence-corrected chi connectivity index (χ2v) is 3.19. The van der Waals surface area contributed by atoms with E-state index in [0.717, 1.165) is 4.90 Å². The van der Waals surface area contributed by atoms with Crippen molar-refractivity contribution in [2.24, 2.45) is 0 Å². The number of morpholine rings is 1. The number of hydrogen-bond donors (Lipinski definition) is 1. The largest absolute Gasteiger partial charge is 0.378 e. The first kappa shape index (κ1) is 14.5. The molecule has 0 radical (unpaired) electrons. The third-order valence-electron chi connectivity index (χ3n) is 2.01. The summed E-state index contributed by atoms with van der Waals surface area (Å²) in [4.78, 5) is 12.5. The van der Waals surface area contributed by atoms with Gasteiger partial charge >= 0.3 is 0 Å². The van der Waals surface area contributed by atoms with Crippen LogP contribution in [0.1, 0.15) is 0 Å². The van der Waals surface area contributed by atoms with Gasteiger partial charge in [-0.25, -0.2) is 8.78 Å². The van der Waals surface area contributed by atoms with E-state index in [-0.39, 0.29) is 24.9 Å². The molecule has 0 spiro atoms. The molecule has 0 aromatic heterocycles. The zero-order chi connectivity index (χ0) is 10.6. The lowest BCUT2D eigenvalue weighted by atomic mass is 10.2. The van der Waals surface area contributed by atoms with Gasteiger partial charge in [0, 0.05) is 13.6 Å². The molecular weight excluding hydrogens is 230 g/mol. The van der Waals surface area contributed by atoms with Crippen LogP contribution in [0, 0.1) is 0 Å². The molecule has 1 amide bonds. The van der Waals surface area contributed by atoms with Gasteiger partial charge in [-0.15, -0.1) is 12.4 Å². The highest BCUT2D eigenvalue weighted by atomic mass is 35.5. The van der Waals surface area contributed by atoms with Crippen molar-refractivity contribution in [3.8, 4) is 0 Å². The van der Waals surface area contributed by atoms with E-state index < -0.39 is 19.0 Å². The lowest BCUT2D eigenvalue weighted by Crippen LogP contribution is -2.52. The fourth-order valence-corrected chi connectivity index (χ4v) is 1.29. The number of ether oxygens (including phenoxy) is 1. The standard InChI is InChI=1S/C8H14F2N2O2.ClH/c1-12(4-7(9)10)8(13)6-5-14-3-2-11-6;/h6-7,11H,2-5H2,1H3;1H. The van der Waals surface area contributed by atoms with Gasteiger partial charge in [-0.05, 0) is 0 Å². The molecule has 0 aromatic rings. The number of halogens is 3. The molecule has 90 valence electrons. The minimum absolute atomic E-state index is 0. The average molecular weight is 245 g/mol. The lowest BCUT2D eigenvalue weighted by Gasteiger charge is -2.27. The van der Waals surface area contributed by atoms with E-state index in [0.29, 0.717) is 13.2 Å². The third-order valence-corrected chi connectivity index (χ3v) is 2.01. The van der Waals surface area contributed by atoms with Crippen molar-refractivity contribution >= 4 is 18.3 Å². The summed E-state index contributed by atoms with van der Waals surface area (Å²) in [6.45, 7) is 0.866. The van der Waals surface area contributed by atoms with E-state index in [4.69, 9.17) is 4.74 Å². The minimum atomic E-state index is -2.49. The second-order valence-electron chi connectivity index (χ2n) is 3.19. The SMILES string of the molecule is CN(CC(F)F)C(=O)C1COCCN1.Cl. The van der Waals surface area contributed by atoms with Gasteiger partial charge in [0.05, 0.1) is 19.8 Å². The molecule has 0 aliphatic carbocycles. The molecule has 0 saturated carbocycles. The molecule has 0 aromatic carbocycles. The Morgan fingerprint density at radius 1 is 1.67 bits per heavy atom. The van der Waals surface area contributed by atoms with E-state index in [1.807, 2.05) is 0 Å². The van der Waals surface area contributed by atoms with Crippen molar-refractivity contribution in [1.82, 2.24) is 10.2 Å². The molecule has 1 aliphatic heterocycles. The van der Waals surface area contributed by atoms with Gasteiger partial charge in [-0.1, -0.05) is 0 Å². The molecule has 1 atom stereocenters. The van der Waals surface area contributed by atoms with Crippen molar-refractivity contribution in [2.75, 3.05) is 33.4 Å². The van der Waals surface area contributed by atoms with Crippen LogP contribution in [0.25, 0.3) is 0 Å². The number of carbonyl (C=O) groups is 1. The maximum atomic E-state index is 12.0. The van der Waals surface area contributed by atoms with Gasteiger partial charge in [-0.3, -0.25) is 4.79 Å². The smallest absolute Gasteiger partial charge is 0.255 e. The summed E-state index contributed by atoms with van der Waals surface area (Å²) in [5.41, 5.74) is 0. The average Bonchev–Trinajstić information content (AvgIpc) is 2.17. The summed E-state index contributed by atoms with van der Waals surface area (Å²) < 4.78 is 29.0. The van der Waals surface area contributed by atoms with Gasteiger partial charge in [0.25, 0.3) is 6.43 Å². The van der Waals surface area contributed by atoms with Crippen LogP contribution in [0.3, 0.4) is 0 Å². The van der Waals surface area contributed by atoms with E-state index in [2.05, 4.69) is 5.32 Å². The van der Waals surface area contributed by atoms with Gasteiger partial charge in [0.1, 0.15) is 6.04 Å². The van der Waals surface area contributed by atoms with Crippen LogP contribution in [-0.2, 0) is 9.53 Å². The maximum Gasteiger partial charge on any atom is 0.255 e. The monoisotopic (exact) mass is 244 g/mol. The zero-order valence-corrected chi connectivity index (χ0v) is 9.23. The number of nitrogens with one attached hydrogen (secondary N) is 1. The van der Waals surface area contributed by atoms with Gasteiger partial charge in [0.2, 0.25) is 5.91 Å². The van der Waals surface area contributed by atoms with E-state index in [1.165, 1.54) is 7.05 Å². The molecular formula is C8H15ClF2N2O2. The van der Waals surface area contributed by atoms with Gasteiger partial charge < -0.3 is 15.0 Å². The van der Waals surface area contributed by atoms with Crippen molar-refractivity contribution in [1.29, 1.82) is 0 Å². The number of carbonyl (C=O) groups excluding carboxylic acids is 1. The predicted octanol–water partition coefficient (Wildman–Crippen LogP) is 0.120. The van der Waals surface area contributed by atoms with Crippen LogP contribution < -0.4 is 5.32 Å². The quantitative estimate of drug-likeness (QED) is 0.767. The Bertz CT molecular complexity index is 201. The number of alkyl halides is 2. The summed E-state index contributed by atoms with van der Waals surface area (Å²) in [6.07, 6.45) is -2.49. The third kappa shape index (κ3) is 4.72. The molecule has 4 nitrogen and oxygen atoms in total. The summed E-state index contributed by atoms with van der Waals surface area (Å²) in [6, 6.07) is -0.479. The van der Waals surface area contributed by atoms with E-state index in [9.17, 15) is 13.6 Å². The summed E-state index contributed by atoms with van der Waals surface area (Å²) >= 11 is 0. The van der Waals surface area contributed by atoms with E-state index in [1.54, 1.807) is 0 Å². The number of amides is 1. The number of likely N-dealkylation sites (N-methyl/N-ethyl adjacent to an activating group) is 1. The van der Waals surface area contributed by atoms with Gasteiger partial charge in [-0.2, -0.15) is 0 Å².